The average Bonchev–Trinajstić information content (AvgIpc) is 3.15. The lowest BCUT2D eigenvalue weighted by Crippen LogP contribution is -2.24. The van der Waals surface area contributed by atoms with Gasteiger partial charge in [0.1, 0.15) is 11.6 Å². The van der Waals surface area contributed by atoms with Crippen molar-refractivity contribution in [2.45, 2.75) is 33.4 Å². The summed E-state index contributed by atoms with van der Waals surface area (Å²) in [5.41, 5.74) is 4.98. The molecule has 1 amide bonds. The van der Waals surface area contributed by atoms with E-state index in [4.69, 9.17) is 9.72 Å². The molecule has 0 atom stereocenters. The van der Waals surface area contributed by atoms with Gasteiger partial charge in [0.25, 0.3) is 5.91 Å². The summed E-state index contributed by atoms with van der Waals surface area (Å²) in [4.78, 5) is 17.2. The minimum absolute atomic E-state index is 0.0996. The fourth-order valence-corrected chi connectivity index (χ4v) is 3.63. The molecular formula is C26H27N3O2. The number of nitrogens with zero attached hydrogens (tertiary/aromatic N) is 2. The molecule has 1 aromatic heterocycles. The maximum Gasteiger partial charge on any atom is 0.251 e. The Labute approximate surface area is 182 Å². The number of nitrogens with one attached hydrogen (secondary N) is 1. The minimum Gasteiger partial charge on any atom is -0.493 e. The lowest BCUT2D eigenvalue weighted by molar-refractivity contribution is 0.0949. The molecule has 31 heavy (non-hydrogen) atoms. The van der Waals surface area contributed by atoms with E-state index in [-0.39, 0.29) is 5.91 Å². The standard InChI is InChI=1S/C26H27N3O2/c1-19-13-14-20(2)24(17-19)31-16-8-15-29-23-12-7-6-11-22(23)28-25(29)18-27-26(30)21-9-4-3-5-10-21/h3-7,9-14,17H,8,15-16,18H2,1-2H3,(H,27,30). The molecule has 0 fully saturated rings. The summed E-state index contributed by atoms with van der Waals surface area (Å²) in [7, 11) is 0. The maximum atomic E-state index is 12.5. The summed E-state index contributed by atoms with van der Waals surface area (Å²) in [5.74, 6) is 1.68. The molecule has 3 aromatic carbocycles. The predicted molar refractivity (Wildman–Crippen MR) is 123 cm³/mol. The van der Waals surface area contributed by atoms with E-state index in [0.29, 0.717) is 18.7 Å². The van der Waals surface area contributed by atoms with Gasteiger partial charge in [-0.3, -0.25) is 4.79 Å². The summed E-state index contributed by atoms with van der Waals surface area (Å²) in [6.07, 6.45) is 0.841. The first kappa shape index (κ1) is 20.7. The van der Waals surface area contributed by atoms with Gasteiger partial charge in [-0.2, -0.15) is 0 Å². The van der Waals surface area contributed by atoms with Crippen molar-refractivity contribution in [2.24, 2.45) is 0 Å². The third-order valence-corrected chi connectivity index (χ3v) is 5.30. The highest BCUT2D eigenvalue weighted by Crippen LogP contribution is 2.20. The molecule has 0 aliphatic rings. The summed E-state index contributed by atoms with van der Waals surface area (Å²) < 4.78 is 8.19. The Morgan fingerprint density at radius 2 is 1.77 bits per heavy atom. The van der Waals surface area contributed by atoms with Gasteiger partial charge >= 0.3 is 0 Å². The second-order valence-corrected chi connectivity index (χ2v) is 7.69. The van der Waals surface area contributed by atoms with Crippen LogP contribution in [0.3, 0.4) is 0 Å². The van der Waals surface area contributed by atoms with E-state index in [9.17, 15) is 4.79 Å². The molecule has 0 radical (unpaired) electrons. The number of aromatic nitrogens is 2. The molecular weight excluding hydrogens is 386 g/mol. The predicted octanol–water partition coefficient (Wildman–Crippen LogP) is 5.05. The van der Waals surface area contributed by atoms with E-state index in [1.54, 1.807) is 0 Å². The molecule has 4 rings (SSSR count). The molecule has 158 valence electrons. The molecule has 0 aliphatic carbocycles. The molecule has 1 heterocycles. The van der Waals surface area contributed by atoms with Crippen LogP contribution in [-0.2, 0) is 13.1 Å². The molecule has 0 aliphatic heterocycles. The largest absolute Gasteiger partial charge is 0.493 e. The van der Waals surface area contributed by atoms with Gasteiger partial charge in [-0.1, -0.05) is 42.5 Å². The molecule has 5 nitrogen and oxygen atoms in total. The number of benzene rings is 3. The number of ether oxygens (including phenoxy) is 1. The summed E-state index contributed by atoms with van der Waals surface area (Å²) >= 11 is 0. The van der Waals surface area contributed by atoms with E-state index in [1.165, 1.54) is 5.56 Å². The molecule has 0 spiro atoms. The van der Waals surface area contributed by atoms with Crippen molar-refractivity contribution in [1.82, 2.24) is 14.9 Å². The van der Waals surface area contributed by atoms with Crippen LogP contribution in [0.25, 0.3) is 11.0 Å². The van der Waals surface area contributed by atoms with Crippen LogP contribution in [0, 0.1) is 13.8 Å². The number of fused-ring (bicyclic) bond motifs is 1. The maximum absolute atomic E-state index is 12.5. The fourth-order valence-electron chi connectivity index (χ4n) is 3.63. The number of carbonyl (C=O) groups excluding carboxylic acids is 1. The Morgan fingerprint density at radius 1 is 1.00 bits per heavy atom. The Hall–Kier alpha value is -3.60. The van der Waals surface area contributed by atoms with E-state index < -0.39 is 0 Å². The third-order valence-electron chi connectivity index (χ3n) is 5.30. The number of aryl methyl sites for hydroxylation is 3. The number of hydrogen-bond donors (Lipinski definition) is 1. The van der Waals surface area contributed by atoms with Crippen molar-refractivity contribution < 1.29 is 9.53 Å². The Kier molecular flexibility index (Phi) is 6.32. The normalized spacial score (nSPS) is 10.9. The third kappa shape index (κ3) is 4.94. The smallest absolute Gasteiger partial charge is 0.251 e. The molecule has 5 heteroatoms. The molecule has 1 N–H and O–H groups in total. The van der Waals surface area contributed by atoms with Crippen LogP contribution < -0.4 is 10.1 Å². The zero-order chi connectivity index (χ0) is 21.6. The molecule has 0 bridgehead atoms. The van der Waals surface area contributed by atoms with Crippen LogP contribution in [-0.4, -0.2) is 22.1 Å². The van der Waals surface area contributed by atoms with Gasteiger partial charge in [-0.05, 0) is 61.7 Å². The van der Waals surface area contributed by atoms with Crippen LogP contribution in [0.1, 0.15) is 33.7 Å². The van der Waals surface area contributed by atoms with E-state index in [2.05, 4.69) is 48.0 Å². The number of imidazole rings is 1. The summed E-state index contributed by atoms with van der Waals surface area (Å²) in [6, 6.07) is 23.6. The van der Waals surface area contributed by atoms with Crippen molar-refractivity contribution in [1.29, 1.82) is 0 Å². The number of rotatable bonds is 8. The van der Waals surface area contributed by atoms with Crippen LogP contribution in [0.15, 0.2) is 72.8 Å². The monoisotopic (exact) mass is 413 g/mol. The lowest BCUT2D eigenvalue weighted by atomic mass is 10.1. The van der Waals surface area contributed by atoms with E-state index in [0.717, 1.165) is 41.1 Å². The van der Waals surface area contributed by atoms with Gasteiger partial charge in [0, 0.05) is 12.1 Å². The highest BCUT2D eigenvalue weighted by molar-refractivity contribution is 5.94. The molecule has 4 aromatic rings. The first-order valence-corrected chi connectivity index (χ1v) is 10.6. The second-order valence-electron chi connectivity index (χ2n) is 7.69. The Morgan fingerprint density at radius 3 is 2.61 bits per heavy atom. The average molecular weight is 414 g/mol. The van der Waals surface area contributed by atoms with Crippen molar-refractivity contribution in [3.05, 3.63) is 95.3 Å². The Bertz CT molecular complexity index is 1180. The number of carbonyl (C=O) groups is 1. The van der Waals surface area contributed by atoms with Crippen LogP contribution in [0.2, 0.25) is 0 Å². The minimum atomic E-state index is -0.0996. The second kappa shape index (κ2) is 9.47. The van der Waals surface area contributed by atoms with Gasteiger partial charge in [-0.25, -0.2) is 4.98 Å². The first-order chi connectivity index (χ1) is 15.1. The lowest BCUT2D eigenvalue weighted by Gasteiger charge is -2.12. The van der Waals surface area contributed by atoms with Crippen molar-refractivity contribution in [2.75, 3.05) is 6.61 Å². The quantitative estimate of drug-likeness (QED) is 0.411. The van der Waals surface area contributed by atoms with Crippen LogP contribution in [0.4, 0.5) is 0 Å². The first-order valence-electron chi connectivity index (χ1n) is 10.6. The van der Waals surface area contributed by atoms with Gasteiger partial charge in [-0.15, -0.1) is 0 Å². The SMILES string of the molecule is Cc1ccc(C)c(OCCCn2c(CNC(=O)c3ccccc3)nc3ccccc32)c1. The zero-order valence-electron chi connectivity index (χ0n) is 18.0. The topological polar surface area (TPSA) is 56.1 Å². The van der Waals surface area contributed by atoms with Crippen LogP contribution >= 0.6 is 0 Å². The molecule has 0 saturated carbocycles. The number of amides is 1. The van der Waals surface area contributed by atoms with Gasteiger partial charge in [0.05, 0.1) is 24.2 Å². The fraction of sp³-hybridized carbons (Fsp3) is 0.231. The number of hydrogen-bond acceptors (Lipinski definition) is 3. The van der Waals surface area contributed by atoms with Crippen molar-refractivity contribution in [3.8, 4) is 5.75 Å². The van der Waals surface area contributed by atoms with Gasteiger partial charge in [0.2, 0.25) is 0 Å². The highest BCUT2D eigenvalue weighted by Gasteiger charge is 2.12. The van der Waals surface area contributed by atoms with Crippen molar-refractivity contribution >= 4 is 16.9 Å². The molecule has 0 saturated heterocycles. The zero-order valence-corrected chi connectivity index (χ0v) is 18.0. The molecule has 0 unspecified atom stereocenters. The Balaban J connectivity index is 1.43. The van der Waals surface area contributed by atoms with Crippen molar-refractivity contribution in [3.63, 3.8) is 0 Å². The van der Waals surface area contributed by atoms with Gasteiger partial charge < -0.3 is 14.6 Å². The van der Waals surface area contributed by atoms with Gasteiger partial charge in [0.15, 0.2) is 0 Å². The number of para-hydroxylation sites is 2. The summed E-state index contributed by atoms with van der Waals surface area (Å²) in [5, 5.41) is 2.99. The summed E-state index contributed by atoms with van der Waals surface area (Å²) in [6.45, 7) is 5.89. The van der Waals surface area contributed by atoms with Crippen LogP contribution in [0.5, 0.6) is 5.75 Å². The highest BCUT2D eigenvalue weighted by atomic mass is 16.5. The van der Waals surface area contributed by atoms with E-state index in [1.807, 2.05) is 48.5 Å². The van der Waals surface area contributed by atoms with E-state index >= 15 is 0 Å².